The summed E-state index contributed by atoms with van der Waals surface area (Å²) in [5.74, 6) is 0. The van der Waals surface area contributed by atoms with Gasteiger partial charge in [0.25, 0.3) is 0 Å². The fraction of sp³-hybridized carbons (Fsp3) is 0.304. The molecule has 1 saturated heterocycles. The highest BCUT2D eigenvalue weighted by molar-refractivity contribution is 7.92. The van der Waals surface area contributed by atoms with Crippen LogP contribution in [0, 0.1) is 6.92 Å². The maximum atomic E-state index is 12.9. The molecule has 1 aliphatic heterocycles. The van der Waals surface area contributed by atoms with Crippen LogP contribution in [0.3, 0.4) is 0 Å². The van der Waals surface area contributed by atoms with Crippen LogP contribution in [-0.4, -0.2) is 31.7 Å². The maximum Gasteiger partial charge on any atom is 0.181 e. The van der Waals surface area contributed by atoms with Gasteiger partial charge in [-0.1, -0.05) is 54.1 Å². The number of likely N-dealkylation sites (tertiary alicyclic amines) is 1. The number of rotatable bonds is 4. The second-order valence-corrected chi connectivity index (χ2v) is 9.74. The molecule has 140 valence electrons. The van der Waals surface area contributed by atoms with Crippen molar-refractivity contribution in [3.63, 3.8) is 0 Å². The third-order valence-electron chi connectivity index (χ3n) is 5.54. The highest BCUT2D eigenvalue weighted by Crippen LogP contribution is 2.26. The molecule has 0 N–H and O–H groups in total. The third-order valence-corrected chi connectivity index (χ3v) is 7.82. The fourth-order valence-electron chi connectivity index (χ4n) is 3.89. The first-order valence-electron chi connectivity index (χ1n) is 9.53. The number of hydrogen-bond acceptors (Lipinski definition) is 3. The Hall–Kier alpha value is -2.17. The van der Waals surface area contributed by atoms with E-state index in [1.807, 2.05) is 19.1 Å². The minimum atomic E-state index is -3.23. The molecule has 3 nitrogen and oxygen atoms in total. The maximum absolute atomic E-state index is 12.9. The minimum Gasteiger partial charge on any atom is -0.299 e. The number of sulfone groups is 1. The number of aryl methyl sites for hydroxylation is 1. The summed E-state index contributed by atoms with van der Waals surface area (Å²) < 4.78 is 25.8. The first-order valence-corrected chi connectivity index (χ1v) is 11.1. The Kier molecular flexibility index (Phi) is 5.02. The summed E-state index contributed by atoms with van der Waals surface area (Å²) in [6, 6.07) is 22.2. The molecule has 4 rings (SSSR count). The van der Waals surface area contributed by atoms with Crippen molar-refractivity contribution in [3.8, 4) is 0 Å². The molecule has 0 spiro atoms. The monoisotopic (exact) mass is 379 g/mol. The molecule has 0 saturated carbocycles. The van der Waals surface area contributed by atoms with Crippen molar-refractivity contribution >= 4 is 20.6 Å². The molecular formula is C23H25NO2S. The lowest BCUT2D eigenvalue weighted by Gasteiger charge is -2.31. The van der Waals surface area contributed by atoms with Crippen LogP contribution in [0.1, 0.15) is 24.0 Å². The van der Waals surface area contributed by atoms with Crippen LogP contribution in [0.25, 0.3) is 10.8 Å². The van der Waals surface area contributed by atoms with Crippen LogP contribution in [0.5, 0.6) is 0 Å². The van der Waals surface area contributed by atoms with Gasteiger partial charge in [-0.15, -0.1) is 0 Å². The molecule has 0 aliphatic carbocycles. The van der Waals surface area contributed by atoms with E-state index in [0.29, 0.717) is 17.7 Å². The molecule has 4 heteroatoms. The average Bonchev–Trinajstić information content (AvgIpc) is 2.69. The molecular weight excluding hydrogens is 354 g/mol. The van der Waals surface area contributed by atoms with Gasteiger partial charge in [0.1, 0.15) is 0 Å². The number of nitrogens with zero attached hydrogens (tertiary/aromatic N) is 1. The van der Waals surface area contributed by atoms with Gasteiger partial charge in [0.05, 0.1) is 10.1 Å². The summed E-state index contributed by atoms with van der Waals surface area (Å²) in [5, 5.41) is 2.24. The van der Waals surface area contributed by atoms with Gasteiger partial charge >= 0.3 is 0 Å². The summed E-state index contributed by atoms with van der Waals surface area (Å²) >= 11 is 0. The standard InChI is InChI=1S/C23H25NO2S/c1-18-6-10-22(11-7-18)27(25,26)23-12-14-24(15-13-23)17-19-8-9-20-4-2-3-5-21(20)16-19/h2-11,16,23H,12-15,17H2,1H3. The lowest BCUT2D eigenvalue weighted by atomic mass is 10.1. The summed E-state index contributed by atoms with van der Waals surface area (Å²) in [5.41, 5.74) is 2.37. The van der Waals surface area contributed by atoms with Crippen LogP contribution in [-0.2, 0) is 16.4 Å². The highest BCUT2D eigenvalue weighted by Gasteiger charge is 2.31. The molecule has 27 heavy (non-hydrogen) atoms. The summed E-state index contributed by atoms with van der Waals surface area (Å²) in [4.78, 5) is 2.83. The molecule has 3 aromatic rings. The van der Waals surface area contributed by atoms with E-state index in [1.165, 1.54) is 16.3 Å². The number of piperidine rings is 1. The molecule has 0 bridgehead atoms. The predicted octanol–water partition coefficient (Wildman–Crippen LogP) is 4.59. The zero-order valence-electron chi connectivity index (χ0n) is 15.6. The second kappa shape index (κ2) is 7.45. The largest absolute Gasteiger partial charge is 0.299 e. The topological polar surface area (TPSA) is 37.4 Å². The van der Waals surface area contributed by atoms with Crippen LogP contribution < -0.4 is 0 Å². The Balaban J connectivity index is 1.41. The first-order chi connectivity index (χ1) is 13.0. The number of hydrogen-bond donors (Lipinski definition) is 0. The SMILES string of the molecule is Cc1ccc(S(=O)(=O)C2CCN(Cc3ccc4ccccc4c3)CC2)cc1. The zero-order valence-corrected chi connectivity index (χ0v) is 16.5. The molecule has 0 atom stereocenters. The van der Waals surface area contributed by atoms with Crippen LogP contribution in [0.4, 0.5) is 0 Å². The van der Waals surface area contributed by atoms with E-state index >= 15 is 0 Å². The van der Waals surface area contributed by atoms with Crippen LogP contribution in [0.2, 0.25) is 0 Å². The van der Waals surface area contributed by atoms with Crippen molar-refractivity contribution in [1.29, 1.82) is 0 Å². The van der Waals surface area contributed by atoms with Crippen molar-refractivity contribution in [2.24, 2.45) is 0 Å². The van der Waals surface area contributed by atoms with Gasteiger partial charge in [-0.25, -0.2) is 8.42 Å². The second-order valence-electron chi connectivity index (χ2n) is 7.52. The van der Waals surface area contributed by atoms with E-state index in [9.17, 15) is 8.42 Å². The number of fused-ring (bicyclic) bond motifs is 1. The smallest absolute Gasteiger partial charge is 0.181 e. The molecule has 3 aromatic carbocycles. The quantitative estimate of drug-likeness (QED) is 0.665. The Morgan fingerprint density at radius 2 is 1.56 bits per heavy atom. The highest BCUT2D eigenvalue weighted by atomic mass is 32.2. The molecule has 0 aromatic heterocycles. The zero-order chi connectivity index (χ0) is 18.9. The summed E-state index contributed by atoms with van der Waals surface area (Å²) in [7, 11) is -3.23. The molecule has 0 amide bonds. The van der Waals surface area contributed by atoms with Crippen molar-refractivity contribution in [3.05, 3.63) is 77.9 Å². The van der Waals surface area contributed by atoms with Gasteiger partial charge in [0.15, 0.2) is 9.84 Å². The minimum absolute atomic E-state index is 0.270. The van der Waals surface area contributed by atoms with Gasteiger partial charge in [0, 0.05) is 6.54 Å². The molecule has 0 unspecified atom stereocenters. The van der Waals surface area contributed by atoms with Gasteiger partial charge in [-0.3, -0.25) is 4.90 Å². The van der Waals surface area contributed by atoms with Crippen molar-refractivity contribution in [1.82, 2.24) is 4.90 Å². The van der Waals surface area contributed by atoms with Gasteiger partial charge in [-0.2, -0.15) is 0 Å². The summed E-state index contributed by atoms with van der Waals surface area (Å²) in [6.07, 6.45) is 1.40. The molecule has 1 fully saturated rings. The van der Waals surface area contributed by atoms with E-state index in [2.05, 4.69) is 47.4 Å². The lowest BCUT2D eigenvalue weighted by Crippen LogP contribution is -2.38. The van der Waals surface area contributed by atoms with E-state index in [-0.39, 0.29) is 5.25 Å². The third kappa shape index (κ3) is 3.92. The fourth-order valence-corrected chi connectivity index (χ4v) is 5.63. The molecule has 1 heterocycles. The lowest BCUT2D eigenvalue weighted by molar-refractivity contribution is 0.222. The van der Waals surface area contributed by atoms with Gasteiger partial charge in [-0.05, 0) is 67.4 Å². The molecule has 1 aliphatic rings. The first kappa shape index (κ1) is 18.2. The van der Waals surface area contributed by atoms with Gasteiger partial charge in [0.2, 0.25) is 0 Å². The van der Waals surface area contributed by atoms with E-state index in [1.54, 1.807) is 12.1 Å². The van der Waals surface area contributed by atoms with E-state index < -0.39 is 9.84 Å². The number of benzene rings is 3. The van der Waals surface area contributed by atoms with Crippen molar-refractivity contribution in [2.45, 2.75) is 36.5 Å². The Labute approximate surface area is 161 Å². The van der Waals surface area contributed by atoms with Crippen molar-refractivity contribution in [2.75, 3.05) is 13.1 Å². The molecule has 0 radical (unpaired) electrons. The van der Waals surface area contributed by atoms with Crippen LogP contribution >= 0.6 is 0 Å². The normalized spacial score (nSPS) is 16.6. The van der Waals surface area contributed by atoms with Gasteiger partial charge < -0.3 is 0 Å². The Bertz CT molecular complexity index is 1030. The average molecular weight is 380 g/mol. The van der Waals surface area contributed by atoms with Crippen molar-refractivity contribution < 1.29 is 8.42 Å². The predicted molar refractivity (Wildman–Crippen MR) is 111 cm³/mol. The van der Waals surface area contributed by atoms with E-state index in [0.717, 1.165) is 25.2 Å². The summed E-state index contributed by atoms with van der Waals surface area (Å²) in [6.45, 7) is 4.50. The van der Waals surface area contributed by atoms with E-state index in [4.69, 9.17) is 0 Å². The Morgan fingerprint density at radius 3 is 2.26 bits per heavy atom. The van der Waals surface area contributed by atoms with Crippen LogP contribution in [0.15, 0.2) is 71.6 Å². The Morgan fingerprint density at radius 1 is 0.889 bits per heavy atom.